The van der Waals surface area contributed by atoms with E-state index in [-0.39, 0.29) is 17.7 Å². The highest BCUT2D eigenvalue weighted by Gasteiger charge is 2.17. The summed E-state index contributed by atoms with van der Waals surface area (Å²) in [7, 11) is 1.70. The van der Waals surface area contributed by atoms with Crippen LogP contribution in [0.3, 0.4) is 0 Å². The van der Waals surface area contributed by atoms with Crippen LogP contribution >= 0.6 is 0 Å². The lowest BCUT2D eigenvalue weighted by Gasteiger charge is -2.20. The molecule has 0 unspecified atom stereocenters. The summed E-state index contributed by atoms with van der Waals surface area (Å²) in [6.07, 6.45) is 0. The van der Waals surface area contributed by atoms with E-state index in [9.17, 15) is 9.90 Å². The molecule has 0 spiro atoms. The molecule has 2 N–H and O–H groups in total. The maximum Gasteiger partial charge on any atom is 0.260 e. The summed E-state index contributed by atoms with van der Waals surface area (Å²) in [6.45, 7) is 4.06. The summed E-state index contributed by atoms with van der Waals surface area (Å²) in [6, 6.07) is 14.3. The maximum absolute atomic E-state index is 12.7. The highest BCUT2D eigenvalue weighted by atomic mass is 16.3. The molecule has 21 heavy (non-hydrogen) atoms. The predicted octanol–water partition coefficient (Wildman–Crippen LogP) is 3.49. The number of carbonyl (C=O) groups excluding carboxylic acids is 1. The van der Waals surface area contributed by atoms with Crippen molar-refractivity contribution >= 4 is 17.3 Å². The molecule has 0 heterocycles. The van der Waals surface area contributed by atoms with Crippen LogP contribution in [0.4, 0.5) is 11.4 Å². The van der Waals surface area contributed by atoms with Crippen molar-refractivity contribution in [3.63, 3.8) is 0 Å². The Morgan fingerprint density at radius 1 is 1.14 bits per heavy atom. The number of phenolic OH excluding ortho intramolecular Hbond substituents is 1. The predicted molar refractivity (Wildman–Crippen MR) is 86.0 cm³/mol. The second-order valence-electron chi connectivity index (χ2n) is 5.23. The minimum atomic E-state index is -0.121. The average Bonchev–Trinajstić information content (AvgIpc) is 2.46. The van der Waals surface area contributed by atoms with Gasteiger partial charge in [-0.25, -0.2) is 0 Å². The molecule has 0 saturated carbocycles. The minimum absolute atomic E-state index is 0.121. The third kappa shape index (κ3) is 3.54. The lowest BCUT2D eigenvalue weighted by molar-refractivity contribution is 0.0994. The number of rotatable bonds is 4. The van der Waals surface area contributed by atoms with Crippen molar-refractivity contribution in [1.82, 2.24) is 0 Å². The van der Waals surface area contributed by atoms with E-state index in [1.54, 1.807) is 37.4 Å². The van der Waals surface area contributed by atoms with Crippen LogP contribution in [0.2, 0.25) is 0 Å². The van der Waals surface area contributed by atoms with Gasteiger partial charge >= 0.3 is 0 Å². The fraction of sp³-hybridized carbons (Fsp3) is 0.235. The molecule has 0 bridgehead atoms. The molecule has 0 aliphatic heterocycles. The topological polar surface area (TPSA) is 52.6 Å². The number of phenols is 1. The van der Waals surface area contributed by atoms with Gasteiger partial charge in [-0.2, -0.15) is 0 Å². The first-order valence-electron chi connectivity index (χ1n) is 6.91. The molecule has 0 saturated heterocycles. The number of amides is 1. The van der Waals surface area contributed by atoms with Crippen LogP contribution in [0.1, 0.15) is 24.2 Å². The van der Waals surface area contributed by atoms with E-state index in [2.05, 4.69) is 5.32 Å². The first kappa shape index (κ1) is 14.9. The largest absolute Gasteiger partial charge is 0.508 e. The van der Waals surface area contributed by atoms with Gasteiger partial charge in [-0.3, -0.25) is 4.79 Å². The molecule has 2 aromatic carbocycles. The normalized spacial score (nSPS) is 10.5. The Balaban J connectivity index is 2.31. The summed E-state index contributed by atoms with van der Waals surface area (Å²) in [5.74, 6) is 0.0186. The van der Waals surface area contributed by atoms with Crippen molar-refractivity contribution in [3.05, 3.63) is 54.1 Å². The van der Waals surface area contributed by atoms with E-state index in [0.717, 1.165) is 5.69 Å². The summed E-state index contributed by atoms with van der Waals surface area (Å²) in [5, 5.41) is 12.8. The monoisotopic (exact) mass is 284 g/mol. The number of hydrogen-bond acceptors (Lipinski definition) is 3. The van der Waals surface area contributed by atoms with Crippen LogP contribution in [0.25, 0.3) is 0 Å². The molecule has 110 valence electrons. The van der Waals surface area contributed by atoms with Gasteiger partial charge in [-0.05, 0) is 38.1 Å². The first-order chi connectivity index (χ1) is 9.99. The summed E-state index contributed by atoms with van der Waals surface area (Å²) >= 11 is 0. The number of nitrogens with one attached hydrogen (secondary N) is 1. The number of nitrogens with zero attached hydrogens (tertiary/aromatic N) is 1. The van der Waals surface area contributed by atoms with Gasteiger partial charge in [0.1, 0.15) is 5.75 Å². The zero-order chi connectivity index (χ0) is 15.4. The lowest BCUT2D eigenvalue weighted by Crippen LogP contribution is -2.27. The smallest absolute Gasteiger partial charge is 0.260 e. The van der Waals surface area contributed by atoms with Crippen LogP contribution in [0, 0.1) is 0 Å². The maximum atomic E-state index is 12.7. The van der Waals surface area contributed by atoms with Crippen molar-refractivity contribution in [2.75, 3.05) is 17.3 Å². The summed E-state index contributed by atoms with van der Waals surface area (Å²) in [5.41, 5.74) is 2.07. The zero-order valence-corrected chi connectivity index (χ0v) is 12.5. The van der Waals surface area contributed by atoms with E-state index in [1.165, 1.54) is 4.90 Å². The molecule has 2 aromatic rings. The second-order valence-corrected chi connectivity index (χ2v) is 5.23. The number of carbonyl (C=O) groups is 1. The molecule has 0 aromatic heterocycles. The lowest BCUT2D eigenvalue weighted by atomic mass is 10.1. The van der Waals surface area contributed by atoms with E-state index in [1.807, 2.05) is 32.0 Å². The van der Waals surface area contributed by atoms with Gasteiger partial charge in [0.15, 0.2) is 0 Å². The highest BCUT2D eigenvalue weighted by molar-refractivity contribution is 6.09. The van der Waals surface area contributed by atoms with Gasteiger partial charge in [0, 0.05) is 30.5 Å². The van der Waals surface area contributed by atoms with E-state index in [0.29, 0.717) is 11.3 Å². The van der Waals surface area contributed by atoms with Gasteiger partial charge in [-0.15, -0.1) is 0 Å². The SMILES string of the molecule is CC(C)Nc1ccccc1C(=O)N(C)c1cccc(O)c1. The minimum Gasteiger partial charge on any atom is -0.508 e. The number of aromatic hydroxyl groups is 1. The fourth-order valence-corrected chi connectivity index (χ4v) is 2.11. The Labute approximate surface area is 125 Å². The van der Waals surface area contributed by atoms with Crippen LogP contribution in [0.5, 0.6) is 5.75 Å². The van der Waals surface area contributed by atoms with Crippen molar-refractivity contribution in [2.45, 2.75) is 19.9 Å². The van der Waals surface area contributed by atoms with Crippen LogP contribution in [0.15, 0.2) is 48.5 Å². The molecule has 0 aliphatic carbocycles. The molecular weight excluding hydrogens is 264 g/mol. The van der Waals surface area contributed by atoms with Crippen LogP contribution < -0.4 is 10.2 Å². The fourth-order valence-electron chi connectivity index (χ4n) is 2.11. The van der Waals surface area contributed by atoms with Crippen molar-refractivity contribution in [3.8, 4) is 5.75 Å². The van der Waals surface area contributed by atoms with E-state index >= 15 is 0 Å². The highest BCUT2D eigenvalue weighted by Crippen LogP contribution is 2.23. The van der Waals surface area contributed by atoms with Crippen molar-refractivity contribution in [2.24, 2.45) is 0 Å². The van der Waals surface area contributed by atoms with E-state index < -0.39 is 0 Å². The first-order valence-corrected chi connectivity index (χ1v) is 6.91. The third-order valence-corrected chi connectivity index (χ3v) is 3.12. The number of anilines is 2. The van der Waals surface area contributed by atoms with Gasteiger partial charge in [0.2, 0.25) is 0 Å². The average molecular weight is 284 g/mol. The van der Waals surface area contributed by atoms with Crippen LogP contribution in [-0.4, -0.2) is 24.1 Å². The molecule has 0 radical (unpaired) electrons. The number of benzene rings is 2. The van der Waals surface area contributed by atoms with Crippen LogP contribution in [-0.2, 0) is 0 Å². The Hall–Kier alpha value is -2.49. The van der Waals surface area contributed by atoms with Gasteiger partial charge in [0.25, 0.3) is 5.91 Å². The standard InChI is InChI=1S/C17H20N2O2/c1-12(2)18-16-10-5-4-9-15(16)17(21)19(3)13-7-6-8-14(20)11-13/h4-12,18,20H,1-3H3. The molecule has 0 atom stereocenters. The molecule has 0 fully saturated rings. The Morgan fingerprint density at radius 3 is 2.52 bits per heavy atom. The number of para-hydroxylation sites is 1. The molecule has 1 amide bonds. The summed E-state index contributed by atoms with van der Waals surface area (Å²) < 4.78 is 0. The van der Waals surface area contributed by atoms with Gasteiger partial charge in [-0.1, -0.05) is 18.2 Å². The van der Waals surface area contributed by atoms with Crippen molar-refractivity contribution < 1.29 is 9.90 Å². The molecule has 0 aliphatic rings. The van der Waals surface area contributed by atoms with Gasteiger partial charge < -0.3 is 15.3 Å². The van der Waals surface area contributed by atoms with Crippen molar-refractivity contribution in [1.29, 1.82) is 0 Å². The van der Waals surface area contributed by atoms with E-state index in [4.69, 9.17) is 0 Å². The Bertz CT molecular complexity index is 638. The number of hydrogen-bond donors (Lipinski definition) is 2. The third-order valence-electron chi connectivity index (χ3n) is 3.12. The molecular formula is C17H20N2O2. The second kappa shape index (κ2) is 6.31. The Kier molecular flexibility index (Phi) is 4.48. The van der Waals surface area contributed by atoms with Gasteiger partial charge in [0.05, 0.1) is 5.56 Å². The Morgan fingerprint density at radius 2 is 1.86 bits per heavy atom. The molecule has 2 rings (SSSR count). The molecule has 4 heteroatoms. The summed E-state index contributed by atoms with van der Waals surface area (Å²) in [4.78, 5) is 14.2. The molecule has 4 nitrogen and oxygen atoms in total. The quantitative estimate of drug-likeness (QED) is 0.903. The zero-order valence-electron chi connectivity index (χ0n) is 12.5.